The number of amides is 1. The number of nitrogens with one attached hydrogen (secondary N) is 1. The molecule has 2 aromatic rings. The zero-order valence-corrected chi connectivity index (χ0v) is 18.6. The number of nitrogens with zero attached hydrogens (tertiary/aromatic N) is 1. The summed E-state index contributed by atoms with van der Waals surface area (Å²) in [6, 6.07) is 9.50. The minimum absolute atomic E-state index is 0.181. The Labute approximate surface area is 177 Å². The first-order valence-electron chi connectivity index (χ1n) is 10.4. The highest BCUT2D eigenvalue weighted by Gasteiger charge is 2.32. The molecular formula is C22H28N2O3S2. The Hall–Kier alpha value is -1.70. The molecule has 2 aliphatic rings. The molecule has 4 rings (SSSR count). The maximum absolute atomic E-state index is 13.0. The third-order valence-corrected chi connectivity index (χ3v) is 9.35. The van der Waals surface area contributed by atoms with Gasteiger partial charge < -0.3 is 4.90 Å². The van der Waals surface area contributed by atoms with Gasteiger partial charge in [-0.15, -0.1) is 11.3 Å². The lowest BCUT2D eigenvalue weighted by molar-refractivity contribution is -0.139. The molecule has 0 spiro atoms. The maximum atomic E-state index is 13.0. The van der Waals surface area contributed by atoms with Crippen LogP contribution in [0.3, 0.4) is 0 Å². The molecule has 1 N–H and O–H groups in total. The van der Waals surface area contributed by atoms with E-state index in [-0.39, 0.29) is 17.9 Å². The van der Waals surface area contributed by atoms with Crippen molar-refractivity contribution >= 4 is 27.3 Å². The molecule has 0 radical (unpaired) electrons. The van der Waals surface area contributed by atoms with Gasteiger partial charge in [-0.25, -0.2) is 13.1 Å². The summed E-state index contributed by atoms with van der Waals surface area (Å²) >= 11 is 1.34. The number of rotatable bonds is 6. The summed E-state index contributed by atoms with van der Waals surface area (Å²) in [5.74, 6) is 0.416. The van der Waals surface area contributed by atoms with E-state index in [0.29, 0.717) is 17.3 Å². The lowest BCUT2D eigenvalue weighted by Gasteiger charge is -2.33. The van der Waals surface area contributed by atoms with Gasteiger partial charge in [0.1, 0.15) is 4.21 Å². The van der Waals surface area contributed by atoms with Crippen molar-refractivity contribution in [2.45, 2.75) is 62.7 Å². The van der Waals surface area contributed by atoms with Crippen molar-refractivity contribution in [1.29, 1.82) is 0 Å². The average Bonchev–Trinajstić information content (AvgIpc) is 3.10. The minimum Gasteiger partial charge on any atom is -0.338 e. The van der Waals surface area contributed by atoms with Crippen LogP contribution in [0.25, 0.3) is 0 Å². The first kappa shape index (κ1) is 20.6. The topological polar surface area (TPSA) is 66.5 Å². The highest BCUT2D eigenvalue weighted by atomic mass is 32.2. The zero-order chi connectivity index (χ0) is 20.6. The number of hydrogen-bond donors (Lipinski definition) is 1. The van der Waals surface area contributed by atoms with E-state index in [1.165, 1.54) is 16.9 Å². The second kappa shape index (κ2) is 8.20. The van der Waals surface area contributed by atoms with E-state index in [4.69, 9.17) is 0 Å². The molecule has 1 atom stereocenters. The minimum atomic E-state index is -3.60. The van der Waals surface area contributed by atoms with Crippen molar-refractivity contribution in [3.63, 3.8) is 0 Å². The molecule has 1 aliphatic heterocycles. The summed E-state index contributed by atoms with van der Waals surface area (Å²) < 4.78 is 29.1. The Morgan fingerprint density at radius 1 is 1.28 bits per heavy atom. The second-order valence-corrected chi connectivity index (χ2v) is 11.2. The molecule has 1 amide bonds. The molecule has 7 heteroatoms. The number of fused-ring (bicyclic) bond motifs is 1. The Kier molecular flexibility index (Phi) is 5.82. The highest BCUT2D eigenvalue weighted by Crippen LogP contribution is 2.34. The predicted molar refractivity (Wildman–Crippen MR) is 115 cm³/mol. The van der Waals surface area contributed by atoms with Gasteiger partial charge in [0.2, 0.25) is 5.91 Å². The van der Waals surface area contributed by atoms with Crippen molar-refractivity contribution in [3.05, 3.63) is 51.9 Å². The normalized spacial score (nSPS) is 18.2. The molecular weight excluding hydrogens is 404 g/mol. The molecule has 29 heavy (non-hydrogen) atoms. The average molecular weight is 433 g/mol. The number of hydrogen-bond acceptors (Lipinski definition) is 4. The molecule has 5 nitrogen and oxygen atoms in total. The fourth-order valence-electron chi connectivity index (χ4n) is 3.94. The van der Waals surface area contributed by atoms with E-state index in [2.05, 4.69) is 11.6 Å². The van der Waals surface area contributed by atoms with Crippen LogP contribution in [-0.4, -0.2) is 25.8 Å². The Balaban J connectivity index is 1.46. The van der Waals surface area contributed by atoms with Crippen LogP contribution in [0.1, 0.15) is 60.7 Å². The summed E-state index contributed by atoms with van der Waals surface area (Å²) in [6.45, 7) is 5.19. The Bertz CT molecular complexity index is 992. The van der Waals surface area contributed by atoms with Crippen LogP contribution in [-0.2, 0) is 34.2 Å². The van der Waals surface area contributed by atoms with Crippen molar-refractivity contribution in [2.24, 2.45) is 5.92 Å². The summed E-state index contributed by atoms with van der Waals surface area (Å²) in [7, 11) is -3.60. The molecule has 0 bridgehead atoms. The first-order chi connectivity index (χ1) is 13.9. The van der Waals surface area contributed by atoms with Crippen LogP contribution < -0.4 is 4.72 Å². The fourth-order valence-corrected chi connectivity index (χ4v) is 6.73. The lowest BCUT2D eigenvalue weighted by atomic mass is 9.84. The van der Waals surface area contributed by atoms with Crippen LogP contribution in [0.5, 0.6) is 0 Å². The van der Waals surface area contributed by atoms with Crippen molar-refractivity contribution in [3.8, 4) is 0 Å². The molecule has 1 aromatic carbocycles. The van der Waals surface area contributed by atoms with Gasteiger partial charge in [-0.1, -0.05) is 37.6 Å². The fraction of sp³-hybridized carbons (Fsp3) is 0.500. The summed E-state index contributed by atoms with van der Waals surface area (Å²) in [4.78, 5) is 15.5. The van der Waals surface area contributed by atoms with E-state index in [1.807, 2.05) is 36.1 Å². The predicted octanol–water partition coefficient (Wildman–Crippen LogP) is 4.03. The zero-order valence-electron chi connectivity index (χ0n) is 17.0. The smallest absolute Gasteiger partial charge is 0.250 e. The van der Waals surface area contributed by atoms with Gasteiger partial charge in [-0.2, -0.15) is 0 Å². The van der Waals surface area contributed by atoms with Crippen LogP contribution in [0.15, 0.2) is 34.5 Å². The largest absolute Gasteiger partial charge is 0.338 e. The number of carbonyl (C=O) groups excluding carboxylic acids is 1. The molecule has 1 aromatic heterocycles. The molecule has 0 saturated heterocycles. The number of sulfonamides is 1. The van der Waals surface area contributed by atoms with Gasteiger partial charge >= 0.3 is 0 Å². The van der Waals surface area contributed by atoms with Crippen LogP contribution in [0.2, 0.25) is 0 Å². The van der Waals surface area contributed by atoms with Gasteiger partial charge in [0.15, 0.2) is 0 Å². The molecule has 2 heterocycles. The van der Waals surface area contributed by atoms with Crippen LogP contribution in [0.4, 0.5) is 0 Å². The van der Waals surface area contributed by atoms with Gasteiger partial charge in [0.05, 0.1) is 0 Å². The lowest BCUT2D eigenvalue weighted by Crippen LogP contribution is -2.41. The Morgan fingerprint density at radius 2 is 2.00 bits per heavy atom. The number of thiophene rings is 1. The summed E-state index contributed by atoms with van der Waals surface area (Å²) in [5, 5.41) is 0. The Morgan fingerprint density at radius 3 is 2.62 bits per heavy atom. The van der Waals surface area contributed by atoms with Crippen molar-refractivity contribution < 1.29 is 13.2 Å². The quantitative estimate of drug-likeness (QED) is 0.749. The van der Waals surface area contributed by atoms with Gasteiger partial charge in [-0.05, 0) is 55.4 Å². The van der Waals surface area contributed by atoms with Gasteiger partial charge in [0.25, 0.3) is 10.0 Å². The molecule has 1 fully saturated rings. The van der Waals surface area contributed by atoms with E-state index in [0.717, 1.165) is 48.1 Å². The number of carbonyl (C=O) groups is 1. The second-order valence-electron chi connectivity index (χ2n) is 8.09. The van der Waals surface area contributed by atoms with E-state index in [9.17, 15) is 13.2 Å². The third kappa shape index (κ3) is 4.27. The van der Waals surface area contributed by atoms with Crippen molar-refractivity contribution in [2.75, 3.05) is 6.54 Å². The standard InChI is InChI=1S/C22H28N2O3S2/c1-3-16-7-9-17(10-8-16)15(2)23-29(26,27)21-13-19-14-24(12-11-20(19)28-21)22(25)18-5-4-6-18/h7-10,13,15,18,23H,3-6,11-12,14H2,1-2H3. The van der Waals surface area contributed by atoms with Crippen LogP contribution in [0, 0.1) is 5.92 Å². The van der Waals surface area contributed by atoms with Crippen molar-refractivity contribution in [1.82, 2.24) is 9.62 Å². The SMILES string of the molecule is CCc1ccc(C(C)NS(=O)(=O)c2cc3c(s2)CCN(C(=O)C2CCC2)C3)cc1. The molecule has 1 unspecified atom stereocenters. The highest BCUT2D eigenvalue weighted by molar-refractivity contribution is 7.91. The maximum Gasteiger partial charge on any atom is 0.250 e. The van der Waals surface area contributed by atoms with E-state index < -0.39 is 10.0 Å². The summed E-state index contributed by atoms with van der Waals surface area (Å²) in [5.41, 5.74) is 3.16. The third-order valence-electron chi connectivity index (χ3n) is 6.09. The van der Waals surface area contributed by atoms with E-state index >= 15 is 0 Å². The first-order valence-corrected chi connectivity index (χ1v) is 12.7. The number of benzene rings is 1. The number of aryl methyl sites for hydroxylation is 1. The van der Waals surface area contributed by atoms with E-state index in [1.54, 1.807) is 6.07 Å². The summed E-state index contributed by atoms with van der Waals surface area (Å²) in [6.07, 6.45) is 4.82. The molecule has 1 aliphatic carbocycles. The van der Waals surface area contributed by atoms with Gasteiger partial charge in [0, 0.05) is 29.9 Å². The van der Waals surface area contributed by atoms with Crippen LogP contribution >= 0.6 is 11.3 Å². The van der Waals surface area contributed by atoms with Gasteiger partial charge in [-0.3, -0.25) is 4.79 Å². The molecule has 156 valence electrons. The monoisotopic (exact) mass is 432 g/mol. The molecule has 1 saturated carbocycles.